The Bertz CT molecular complexity index is 125. The van der Waals surface area contributed by atoms with E-state index in [4.69, 9.17) is 9.47 Å². The van der Waals surface area contributed by atoms with E-state index in [0.717, 1.165) is 38.5 Å². The lowest BCUT2D eigenvalue weighted by Gasteiger charge is -2.11. The van der Waals surface area contributed by atoms with E-state index in [0.29, 0.717) is 13.2 Å². The average Bonchev–Trinajstić information content (AvgIpc) is 2.27. The molecule has 3 nitrogen and oxygen atoms in total. The first-order valence-corrected chi connectivity index (χ1v) is 5.96. The van der Waals surface area contributed by atoms with Crippen LogP contribution in [0.3, 0.4) is 0 Å². The van der Waals surface area contributed by atoms with Gasteiger partial charge in [-0.2, -0.15) is 0 Å². The molecule has 0 rings (SSSR count). The molecule has 0 unspecified atom stereocenters. The average molecular weight is 215 g/mol. The van der Waals surface area contributed by atoms with Crippen LogP contribution in [0.2, 0.25) is 0 Å². The van der Waals surface area contributed by atoms with Gasteiger partial charge in [-0.25, -0.2) is 0 Å². The third-order valence-corrected chi connectivity index (χ3v) is 2.13. The lowest BCUT2D eigenvalue weighted by atomic mass is 10.3. The van der Waals surface area contributed by atoms with Crippen LogP contribution < -0.4 is 0 Å². The Morgan fingerprint density at radius 2 is 1.40 bits per heavy atom. The van der Waals surface area contributed by atoms with E-state index in [1.165, 1.54) is 0 Å². The zero-order valence-electron chi connectivity index (χ0n) is 9.96. The largest absolute Gasteiger partial charge is 0.346 e. The second-order valence-electron chi connectivity index (χ2n) is 3.61. The van der Waals surface area contributed by atoms with Gasteiger partial charge in [0.25, 0.3) is 6.29 Å². The van der Waals surface area contributed by atoms with Gasteiger partial charge in [-0.1, -0.05) is 39.5 Å². The van der Waals surface area contributed by atoms with Crippen molar-refractivity contribution in [2.75, 3.05) is 13.2 Å². The van der Waals surface area contributed by atoms with Gasteiger partial charge in [0.2, 0.25) is 6.29 Å². The highest BCUT2D eigenvalue weighted by Crippen LogP contribution is 2.00. The van der Waals surface area contributed by atoms with E-state index in [1.807, 2.05) is 0 Å². The summed E-state index contributed by atoms with van der Waals surface area (Å²) in [5, 5.41) is 0. The molecule has 0 aliphatic carbocycles. The predicted octanol–water partition coefficient (Wildman–Crippen LogP) is 2.84. The summed E-state index contributed by atoms with van der Waals surface area (Å²) in [5.74, 6) is 0. The van der Waals surface area contributed by atoms with E-state index in [-0.39, 0.29) is 0 Å². The van der Waals surface area contributed by atoms with Gasteiger partial charge >= 0.3 is 0 Å². The molecule has 0 N–H and O–H groups in total. The number of hydrogen-bond donors (Lipinski definition) is 0. The van der Waals surface area contributed by atoms with Crippen molar-refractivity contribution in [1.82, 2.24) is 0 Å². The first-order chi connectivity index (χ1) is 7.35. The van der Waals surface area contributed by atoms with Gasteiger partial charge in [-0.3, -0.25) is 4.79 Å². The third kappa shape index (κ3) is 9.88. The molecular formula is C12H23O3. The summed E-state index contributed by atoms with van der Waals surface area (Å²) in [4.78, 5) is 10.5. The van der Waals surface area contributed by atoms with Crippen LogP contribution in [0.15, 0.2) is 0 Å². The summed E-state index contributed by atoms with van der Waals surface area (Å²) in [7, 11) is 0. The summed E-state index contributed by atoms with van der Waals surface area (Å²) in [6.45, 7) is 5.43. The van der Waals surface area contributed by atoms with E-state index >= 15 is 0 Å². The second kappa shape index (κ2) is 11.7. The summed E-state index contributed by atoms with van der Waals surface area (Å²) in [5.41, 5.74) is 0. The van der Waals surface area contributed by atoms with Crippen molar-refractivity contribution >= 4 is 6.29 Å². The monoisotopic (exact) mass is 215 g/mol. The molecule has 0 saturated carbocycles. The van der Waals surface area contributed by atoms with Crippen molar-refractivity contribution < 1.29 is 14.3 Å². The van der Waals surface area contributed by atoms with Gasteiger partial charge in [-0.05, 0) is 12.8 Å². The summed E-state index contributed by atoms with van der Waals surface area (Å²) >= 11 is 0. The molecule has 89 valence electrons. The van der Waals surface area contributed by atoms with E-state index in [9.17, 15) is 4.79 Å². The Balaban J connectivity index is 3.34. The summed E-state index contributed by atoms with van der Waals surface area (Å²) in [6, 6.07) is 0. The fraction of sp³-hybridized carbons (Fsp3) is 0.917. The SMILES string of the molecule is CCCCCOC([C]=O)OCCCCC. The zero-order valence-corrected chi connectivity index (χ0v) is 9.96. The van der Waals surface area contributed by atoms with Gasteiger partial charge in [0.15, 0.2) is 0 Å². The molecule has 1 radical (unpaired) electrons. The second-order valence-corrected chi connectivity index (χ2v) is 3.61. The van der Waals surface area contributed by atoms with Gasteiger partial charge in [0.1, 0.15) is 0 Å². The Labute approximate surface area is 93.1 Å². The van der Waals surface area contributed by atoms with Crippen LogP contribution in [0.4, 0.5) is 0 Å². The van der Waals surface area contributed by atoms with Crippen LogP contribution in [0, 0.1) is 0 Å². The van der Waals surface area contributed by atoms with Gasteiger partial charge in [0, 0.05) is 0 Å². The predicted molar refractivity (Wildman–Crippen MR) is 60.4 cm³/mol. The maximum atomic E-state index is 10.5. The normalized spacial score (nSPS) is 10.9. The van der Waals surface area contributed by atoms with Crippen LogP contribution in [0.1, 0.15) is 52.4 Å². The fourth-order valence-electron chi connectivity index (χ4n) is 1.20. The van der Waals surface area contributed by atoms with Crippen LogP contribution in [-0.2, 0) is 14.3 Å². The Kier molecular flexibility index (Phi) is 11.3. The highest BCUT2D eigenvalue weighted by molar-refractivity contribution is 5.54. The first-order valence-electron chi connectivity index (χ1n) is 5.96. The Morgan fingerprint density at radius 1 is 0.933 bits per heavy atom. The molecular weight excluding hydrogens is 192 g/mol. The molecule has 3 heteroatoms. The van der Waals surface area contributed by atoms with E-state index in [2.05, 4.69) is 13.8 Å². The number of ether oxygens (including phenoxy) is 2. The smallest absolute Gasteiger partial charge is 0.259 e. The molecule has 0 spiro atoms. The maximum Gasteiger partial charge on any atom is 0.259 e. The number of carbonyl (C=O) groups excluding carboxylic acids is 1. The minimum Gasteiger partial charge on any atom is -0.346 e. The van der Waals surface area contributed by atoms with Gasteiger partial charge in [-0.15, -0.1) is 0 Å². The van der Waals surface area contributed by atoms with Gasteiger partial charge < -0.3 is 9.47 Å². The maximum absolute atomic E-state index is 10.5. The van der Waals surface area contributed by atoms with Crippen LogP contribution in [-0.4, -0.2) is 25.8 Å². The van der Waals surface area contributed by atoms with Crippen molar-refractivity contribution in [2.45, 2.75) is 58.7 Å². The minimum atomic E-state index is -0.779. The molecule has 0 bridgehead atoms. The molecule has 0 aromatic heterocycles. The van der Waals surface area contributed by atoms with Crippen molar-refractivity contribution in [3.05, 3.63) is 0 Å². The highest BCUT2D eigenvalue weighted by atomic mass is 16.7. The lowest BCUT2D eigenvalue weighted by Crippen LogP contribution is -2.20. The molecule has 0 fully saturated rings. The molecule has 0 atom stereocenters. The molecule has 15 heavy (non-hydrogen) atoms. The quantitative estimate of drug-likeness (QED) is 0.393. The highest BCUT2D eigenvalue weighted by Gasteiger charge is 2.07. The van der Waals surface area contributed by atoms with Crippen molar-refractivity contribution in [2.24, 2.45) is 0 Å². The van der Waals surface area contributed by atoms with Crippen LogP contribution >= 0.6 is 0 Å². The summed E-state index contributed by atoms with van der Waals surface area (Å²) < 4.78 is 10.5. The molecule has 0 aliphatic heterocycles. The number of unbranched alkanes of at least 4 members (excludes halogenated alkanes) is 4. The van der Waals surface area contributed by atoms with E-state index in [1.54, 1.807) is 6.29 Å². The topological polar surface area (TPSA) is 35.5 Å². The van der Waals surface area contributed by atoms with Crippen LogP contribution in [0.5, 0.6) is 0 Å². The number of rotatable bonds is 11. The molecule has 0 aromatic rings. The molecule has 0 amide bonds. The molecule has 0 heterocycles. The minimum absolute atomic E-state index is 0.585. The summed E-state index contributed by atoms with van der Waals surface area (Å²) in [6.07, 6.45) is 7.49. The van der Waals surface area contributed by atoms with Crippen LogP contribution in [0.25, 0.3) is 0 Å². The molecule has 0 saturated heterocycles. The van der Waals surface area contributed by atoms with Crippen molar-refractivity contribution in [3.8, 4) is 0 Å². The van der Waals surface area contributed by atoms with Gasteiger partial charge in [0.05, 0.1) is 13.2 Å². The Morgan fingerprint density at radius 3 is 1.73 bits per heavy atom. The fourth-order valence-corrected chi connectivity index (χ4v) is 1.20. The van der Waals surface area contributed by atoms with Crippen molar-refractivity contribution in [1.29, 1.82) is 0 Å². The zero-order chi connectivity index (χ0) is 11.4. The Hall–Kier alpha value is -0.410. The first kappa shape index (κ1) is 14.6. The molecule has 0 aliphatic rings. The lowest BCUT2D eigenvalue weighted by molar-refractivity contribution is -0.0999. The van der Waals surface area contributed by atoms with Crippen molar-refractivity contribution in [3.63, 3.8) is 0 Å². The van der Waals surface area contributed by atoms with E-state index < -0.39 is 6.29 Å². The third-order valence-electron chi connectivity index (χ3n) is 2.13. The molecule has 0 aromatic carbocycles. The standard InChI is InChI=1S/C12H23O3/c1-3-5-7-9-14-12(11-13)15-10-8-6-4-2/h12H,3-10H2,1-2H3. The number of hydrogen-bond acceptors (Lipinski definition) is 3.